The van der Waals surface area contributed by atoms with Gasteiger partial charge in [0.1, 0.15) is 0 Å². The second-order valence-electron chi connectivity index (χ2n) is 4.80. The Morgan fingerprint density at radius 2 is 1.82 bits per heavy atom. The molecule has 0 saturated carbocycles. The molecule has 1 heterocycles. The van der Waals surface area contributed by atoms with Gasteiger partial charge in [0.15, 0.2) is 0 Å². The summed E-state index contributed by atoms with van der Waals surface area (Å²) in [5, 5.41) is 3.61. The number of anilines is 1. The summed E-state index contributed by atoms with van der Waals surface area (Å²) in [6, 6.07) is 3.08. The highest BCUT2D eigenvalue weighted by Crippen LogP contribution is 2.32. The van der Waals surface area contributed by atoms with E-state index in [1.165, 1.54) is 6.07 Å². The zero-order valence-corrected chi connectivity index (χ0v) is 12.5. The van der Waals surface area contributed by atoms with Crippen LogP contribution in [0.1, 0.15) is 18.2 Å². The van der Waals surface area contributed by atoms with Gasteiger partial charge in [0.25, 0.3) is 5.82 Å². The Labute approximate surface area is 125 Å². The fraction of sp³-hybridized carbons (Fsp3) is 0.462. The van der Waals surface area contributed by atoms with Crippen molar-refractivity contribution in [3.8, 4) is 0 Å². The Morgan fingerprint density at radius 3 is 2.23 bits per heavy atom. The van der Waals surface area contributed by atoms with Crippen molar-refractivity contribution in [1.29, 1.82) is 0 Å². The largest absolute Gasteiger partial charge is 0.464 e. The summed E-state index contributed by atoms with van der Waals surface area (Å²) < 4.78 is 44.6. The molecule has 0 unspecified atom stereocenters. The van der Waals surface area contributed by atoms with Crippen molar-refractivity contribution in [2.45, 2.75) is 32.6 Å². The zero-order valence-electron chi connectivity index (χ0n) is 12.5. The number of alkyl halides is 3. The van der Waals surface area contributed by atoms with Crippen molar-refractivity contribution in [3.05, 3.63) is 23.4 Å². The first-order valence-corrected chi connectivity index (χ1v) is 6.24. The van der Waals surface area contributed by atoms with Crippen molar-refractivity contribution in [1.82, 2.24) is 5.32 Å². The smallest absolute Gasteiger partial charge is 0.464 e. The lowest BCUT2D eigenvalue weighted by Crippen LogP contribution is -2.69. The van der Waals surface area contributed by atoms with Gasteiger partial charge in [-0.25, -0.2) is 15.1 Å². The third kappa shape index (κ3) is 3.66. The number of aryl methyl sites for hydroxylation is 2. The van der Waals surface area contributed by atoms with Crippen LogP contribution >= 0.6 is 0 Å². The van der Waals surface area contributed by atoms with E-state index in [-0.39, 0.29) is 5.82 Å². The molecule has 0 fully saturated rings. The van der Waals surface area contributed by atoms with Gasteiger partial charge in [0.05, 0.1) is 12.8 Å². The number of hydrogen-bond donors (Lipinski definition) is 2. The maximum absolute atomic E-state index is 13.5. The average Bonchev–Trinajstić information content (AvgIpc) is 2.33. The Kier molecular flexibility index (Phi) is 5.00. The van der Waals surface area contributed by atoms with Crippen LogP contribution in [-0.2, 0) is 14.3 Å². The third-order valence-corrected chi connectivity index (χ3v) is 2.75. The van der Waals surface area contributed by atoms with Crippen LogP contribution < -0.4 is 15.6 Å². The van der Waals surface area contributed by atoms with Crippen molar-refractivity contribution < 1.29 is 32.5 Å². The number of nitrogens with one attached hydrogen (secondary N) is 3. The maximum Gasteiger partial charge on any atom is 0.464 e. The van der Waals surface area contributed by atoms with Crippen LogP contribution in [0.5, 0.6) is 0 Å². The number of H-pyrrole nitrogens is 1. The van der Waals surface area contributed by atoms with Gasteiger partial charge >= 0.3 is 17.8 Å². The molecule has 0 bridgehead atoms. The first kappa shape index (κ1) is 17.7. The van der Waals surface area contributed by atoms with Crippen molar-refractivity contribution in [2.75, 3.05) is 12.4 Å². The number of ether oxygens (including phenoxy) is 1. The number of carbonyl (C=O) groups is 2. The normalized spacial score (nSPS) is 14.0. The first-order valence-electron chi connectivity index (χ1n) is 6.24. The van der Waals surface area contributed by atoms with Gasteiger partial charge in [-0.1, -0.05) is 0 Å². The van der Waals surface area contributed by atoms with E-state index in [1.54, 1.807) is 25.2 Å². The molecule has 1 aromatic heterocycles. The molecule has 6 nitrogen and oxygen atoms in total. The summed E-state index contributed by atoms with van der Waals surface area (Å²) in [5.74, 6) is -2.81. The molecular weight excluding hydrogens is 303 g/mol. The number of esters is 1. The number of amides is 1. The molecule has 0 aromatic carbocycles. The molecule has 0 radical (unpaired) electrons. The lowest BCUT2D eigenvalue weighted by Gasteiger charge is -2.30. The number of aromatic nitrogens is 1. The number of halogens is 3. The van der Waals surface area contributed by atoms with Crippen LogP contribution in [0.4, 0.5) is 19.0 Å². The molecule has 1 rings (SSSR count). The minimum absolute atomic E-state index is 0.0889. The fourth-order valence-electron chi connectivity index (χ4n) is 1.97. The number of aromatic amines is 1. The minimum Gasteiger partial charge on any atom is -0.464 e. The Balaban J connectivity index is 3.41. The Morgan fingerprint density at radius 1 is 1.23 bits per heavy atom. The molecule has 0 aliphatic carbocycles. The van der Waals surface area contributed by atoms with Gasteiger partial charge < -0.3 is 4.74 Å². The second-order valence-corrected chi connectivity index (χ2v) is 4.80. The standard InChI is InChI=1S/C13H16F3N3O3/c1-7-5-8(2)17-10(6-7)19-12(11(21)22-4,13(14,15)16)18-9(3)20/h5-6H,1-4H3,(H,17,19)(H,18,20)/p+1/t12-/m1/s1. The van der Waals surface area contributed by atoms with Gasteiger partial charge in [-0.05, 0) is 25.5 Å². The fourth-order valence-corrected chi connectivity index (χ4v) is 1.97. The van der Waals surface area contributed by atoms with Crippen molar-refractivity contribution >= 4 is 17.7 Å². The summed E-state index contributed by atoms with van der Waals surface area (Å²) in [5.41, 5.74) is -2.14. The van der Waals surface area contributed by atoms with E-state index in [0.717, 1.165) is 14.0 Å². The van der Waals surface area contributed by atoms with Crippen molar-refractivity contribution in [3.63, 3.8) is 0 Å². The molecule has 0 aliphatic heterocycles. The van der Waals surface area contributed by atoms with E-state index < -0.39 is 23.7 Å². The summed E-state index contributed by atoms with van der Waals surface area (Å²) in [6.45, 7) is 4.19. The molecule has 1 atom stereocenters. The van der Waals surface area contributed by atoms with Crippen LogP contribution in [0.15, 0.2) is 12.1 Å². The van der Waals surface area contributed by atoms with Crippen molar-refractivity contribution in [2.24, 2.45) is 0 Å². The van der Waals surface area contributed by atoms with Crippen LogP contribution in [0, 0.1) is 13.8 Å². The molecule has 9 heteroatoms. The van der Waals surface area contributed by atoms with E-state index in [1.807, 2.05) is 5.32 Å². The monoisotopic (exact) mass is 320 g/mol. The van der Waals surface area contributed by atoms with Gasteiger partial charge in [-0.15, -0.1) is 0 Å². The molecule has 0 saturated heterocycles. The second kappa shape index (κ2) is 6.20. The summed E-state index contributed by atoms with van der Waals surface area (Å²) >= 11 is 0. The number of methoxy groups -OCH3 is 1. The summed E-state index contributed by atoms with van der Waals surface area (Å²) in [6.07, 6.45) is -5.13. The average molecular weight is 320 g/mol. The van der Waals surface area contributed by atoms with E-state index >= 15 is 0 Å². The number of carbonyl (C=O) groups excluding carboxylic acids is 2. The van der Waals surface area contributed by atoms with Crippen LogP contribution in [0.3, 0.4) is 0 Å². The molecule has 0 spiro atoms. The first-order chi connectivity index (χ1) is 10.0. The van der Waals surface area contributed by atoms with Gasteiger partial charge in [-0.3, -0.25) is 10.1 Å². The van der Waals surface area contributed by atoms with Gasteiger partial charge in [0.2, 0.25) is 5.91 Å². The number of hydrogen-bond acceptors (Lipinski definition) is 4. The summed E-state index contributed by atoms with van der Waals surface area (Å²) in [4.78, 5) is 25.6. The maximum atomic E-state index is 13.5. The highest BCUT2D eigenvalue weighted by Gasteiger charge is 2.67. The molecule has 1 amide bonds. The predicted octanol–water partition coefficient (Wildman–Crippen LogP) is 1.10. The predicted molar refractivity (Wildman–Crippen MR) is 70.7 cm³/mol. The third-order valence-electron chi connectivity index (χ3n) is 2.75. The molecule has 3 N–H and O–H groups in total. The molecular formula is C13H17F3N3O3+. The van der Waals surface area contributed by atoms with Gasteiger partial charge in [-0.2, -0.15) is 13.2 Å². The highest BCUT2D eigenvalue weighted by atomic mass is 19.4. The van der Waals surface area contributed by atoms with E-state index in [2.05, 4.69) is 9.72 Å². The topological polar surface area (TPSA) is 81.6 Å². The molecule has 0 aliphatic rings. The van der Waals surface area contributed by atoms with E-state index in [0.29, 0.717) is 11.3 Å². The molecule has 1 aromatic rings. The Bertz CT molecular complexity index is 569. The quantitative estimate of drug-likeness (QED) is 0.643. The van der Waals surface area contributed by atoms with E-state index in [4.69, 9.17) is 0 Å². The molecule has 122 valence electrons. The number of rotatable bonds is 4. The van der Waals surface area contributed by atoms with Gasteiger partial charge in [0, 0.05) is 13.0 Å². The zero-order chi connectivity index (χ0) is 17.1. The highest BCUT2D eigenvalue weighted by molar-refractivity contribution is 5.90. The molecule has 22 heavy (non-hydrogen) atoms. The summed E-state index contributed by atoms with van der Waals surface area (Å²) in [7, 11) is 0.803. The van der Waals surface area contributed by atoms with E-state index in [9.17, 15) is 22.8 Å². The lowest BCUT2D eigenvalue weighted by atomic mass is 10.1. The minimum atomic E-state index is -5.13. The lowest BCUT2D eigenvalue weighted by molar-refractivity contribution is -0.372. The van der Waals surface area contributed by atoms with Crippen LogP contribution in [-0.4, -0.2) is 30.8 Å². The SMILES string of the molecule is COC(=O)[C@@](NC(C)=O)(Nc1cc(C)cc(C)[nH+]1)C(F)(F)F. The van der Waals surface area contributed by atoms with Crippen LogP contribution in [0.2, 0.25) is 0 Å². The van der Waals surface area contributed by atoms with Crippen LogP contribution in [0.25, 0.3) is 0 Å². The Hall–Kier alpha value is -2.32. The number of pyridine rings is 1.